The van der Waals surface area contributed by atoms with Crippen LogP contribution in [0.4, 0.5) is 0 Å². The van der Waals surface area contributed by atoms with Gasteiger partial charge in [-0.3, -0.25) is 0 Å². The maximum atomic E-state index is 6.32. The number of rotatable bonds is 3. The van der Waals surface area contributed by atoms with Gasteiger partial charge in [-0.1, -0.05) is 17.3 Å². The van der Waals surface area contributed by atoms with Crippen LogP contribution in [0.2, 0.25) is 0 Å². The minimum atomic E-state index is -0.815. The normalized spacial score (nSPS) is 26.2. The maximum Gasteiger partial charge on any atom is 0.187 e. The third kappa shape index (κ3) is 2.37. The molecule has 0 fully saturated rings. The molecule has 0 radical (unpaired) electrons. The highest BCUT2D eigenvalue weighted by atomic mass is 32.2. The second kappa shape index (κ2) is 4.54. The van der Waals surface area contributed by atoms with E-state index in [0.29, 0.717) is 23.1 Å². The topological polar surface area (TPSA) is 75.5 Å². The number of amidine groups is 2. The largest absolute Gasteiger partial charge is 0.302 e. The monoisotopic (exact) mass is 249 g/mol. The number of thioether (sulfide) groups is 1. The summed E-state index contributed by atoms with van der Waals surface area (Å²) in [4.78, 5) is 17.0. The first-order chi connectivity index (χ1) is 8.05. The second-order valence-corrected chi connectivity index (χ2v) is 4.91. The zero-order chi connectivity index (χ0) is 12.5. The summed E-state index contributed by atoms with van der Waals surface area (Å²) in [7, 11) is 0. The molecule has 0 aromatic carbocycles. The van der Waals surface area contributed by atoms with Gasteiger partial charge in [-0.25, -0.2) is 20.0 Å². The fraction of sp³-hybridized carbons (Fsp3) is 0.455. The Balaban J connectivity index is 2.29. The lowest BCUT2D eigenvalue weighted by atomic mass is 9.96. The zero-order valence-electron chi connectivity index (χ0n) is 9.97. The van der Waals surface area contributed by atoms with E-state index < -0.39 is 5.66 Å². The van der Waals surface area contributed by atoms with Gasteiger partial charge in [0.1, 0.15) is 12.1 Å². The highest BCUT2D eigenvalue weighted by molar-refractivity contribution is 8.13. The number of hydrogen-bond donors (Lipinski definition) is 1. The minimum Gasteiger partial charge on any atom is -0.302 e. The van der Waals surface area contributed by atoms with Crippen LogP contribution in [-0.4, -0.2) is 35.0 Å². The highest BCUT2D eigenvalue weighted by Gasteiger charge is 2.38. The van der Waals surface area contributed by atoms with E-state index in [9.17, 15) is 0 Å². The first kappa shape index (κ1) is 12.2. The van der Waals surface area contributed by atoms with E-state index in [-0.39, 0.29) is 0 Å². The van der Waals surface area contributed by atoms with Gasteiger partial charge < -0.3 is 5.73 Å². The van der Waals surface area contributed by atoms with E-state index in [0.717, 1.165) is 12.0 Å². The Labute approximate surface area is 105 Å². The summed E-state index contributed by atoms with van der Waals surface area (Å²) in [5.74, 6) is 0.591. The van der Waals surface area contributed by atoms with Crippen molar-refractivity contribution in [2.24, 2.45) is 25.7 Å². The molecule has 2 aliphatic heterocycles. The lowest BCUT2D eigenvalue weighted by molar-refractivity contribution is 0.547. The van der Waals surface area contributed by atoms with Gasteiger partial charge in [0.15, 0.2) is 16.7 Å². The van der Waals surface area contributed by atoms with E-state index in [4.69, 9.17) is 5.73 Å². The third-order valence-corrected chi connectivity index (χ3v) is 3.15. The Morgan fingerprint density at radius 1 is 1.59 bits per heavy atom. The molecule has 2 N–H and O–H groups in total. The first-order valence-corrected chi connectivity index (χ1v) is 6.54. The zero-order valence-corrected chi connectivity index (χ0v) is 10.8. The molecular formula is C11H15N5S. The Morgan fingerprint density at radius 3 is 3.00 bits per heavy atom. The van der Waals surface area contributed by atoms with Crippen molar-refractivity contribution in [1.29, 1.82) is 0 Å². The molecule has 0 aromatic heterocycles. The van der Waals surface area contributed by atoms with Crippen LogP contribution < -0.4 is 5.73 Å². The molecule has 2 rings (SSSR count). The van der Waals surface area contributed by atoms with Crippen LogP contribution in [0, 0.1) is 0 Å². The Hall–Kier alpha value is -1.27. The molecule has 2 aliphatic rings. The van der Waals surface area contributed by atoms with Crippen molar-refractivity contribution in [3.05, 3.63) is 12.2 Å². The van der Waals surface area contributed by atoms with Crippen molar-refractivity contribution < 1.29 is 0 Å². The molecule has 0 bridgehead atoms. The number of allylic oxidation sites excluding steroid dienone is 1. The average Bonchev–Trinajstić information content (AvgIpc) is 2.75. The predicted molar refractivity (Wildman–Crippen MR) is 75.3 cm³/mol. The number of fused-ring (bicyclic) bond motifs is 1. The molecule has 0 amide bonds. The van der Waals surface area contributed by atoms with Gasteiger partial charge in [-0.05, 0) is 26.0 Å². The van der Waals surface area contributed by atoms with Crippen LogP contribution in [-0.2, 0) is 0 Å². The summed E-state index contributed by atoms with van der Waals surface area (Å²) in [6.07, 6.45) is 4.89. The predicted octanol–water partition coefficient (Wildman–Crippen LogP) is 1.61. The van der Waals surface area contributed by atoms with Crippen LogP contribution in [0.25, 0.3) is 0 Å². The van der Waals surface area contributed by atoms with E-state index in [1.54, 1.807) is 0 Å². The van der Waals surface area contributed by atoms with Crippen LogP contribution in [0.1, 0.15) is 19.8 Å². The molecule has 17 heavy (non-hydrogen) atoms. The Kier molecular flexibility index (Phi) is 3.26. The molecular weight excluding hydrogens is 234 g/mol. The highest BCUT2D eigenvalue weighted by Crippen LogP contribution is 2.25. The van der Waals surface area contributed by atoms with Crippen LogP contribution in [0.3, 0.4) is 0 Å². The average molecular weight is 249 g/mol. The van der Waals surface area contributed by atoms with Gasteiger partial charge in [0.05, 0.1) is 0 Å². The van der Waals surface area contributed by atoms with Crippen molar-refractivity contribution in [3.8, 4) is 0 Å². The Morgan fingerprint density at radius 2 is 2.35 bits per heavy atom. The van der Waals surface area contributed by atoms with Crippen molar-refractivity contribution in [1.82, 2.24) is 0 Å². The Bertz CT molecular complexity index is 474. The van der Waals surface area contributed by atoms with Crippen molar-refractivity contribution in [3.63, 3.8) is 0 Å². The number of hydrogen-bond acceptors (Lipinski definition) is 6. The maximum absolute atomic E-state index is 6.32. The van der Waals surface area contributed by atoms with Crippen LogP contribution in [0.5, 0.6) is 0 Å². The van der Waals surface area contributed by atoms with Gasteiger partial charge >= 0.3 is 0 Å². The standard InChI is InChI=1S/C11H15N5S/c1-7(2)4-5-11(12)8-9(14-6-13-8)15-10(16-11)17-3/h6H,1,4-5,12H2,2-3H3. The summed E-state index contributed by atoms with van der Waals surface area (Å²) in [6, 6.07) is 0. The van der Waals surface area contributed by atoms with E-state index in [1.165, 1.54) is 18.1 Å². The molecule has 2 heterocycles. The van der Waals surface area contributed by atoms with Crippen molar-refractivity contribution >= 4 is 34.8 Å². The number of aliphatic imine (C=N–C) groups is 4. The lowest BCUT2D eigenvalue weighted by Gasteiger charge is -2.28. The third-order valence-electron chi connectivity index (χ3n) is 2.60. The van der Waals surface area contributed by atoms with Crippen molar-refractivity contribution in [2.75, 3.05) is 6.26 Å². The summed E-state index contributed by atoms with van der Waals surface area (Å²) < 4.78 is 0. The van der Waals surface area contributed by atoms with Crippen LogP contribution >= 0.6 is 11.8 Å². The van der Waals surface area contributed by atoms with Gasteiger partial charge in [0.25, 0.3) is 0 Å². The lowest BCUT2D eigenvalue weighted by Crippen LogP contribution is -2.51. The van der Waals surface area contributed by atoms with Crippen molar-refractivity contribution in [2.45, 2.75) is 25.4 Å². The van der Waals surface area contributed by atoms with E-state index in [2.05, 4.69) is 26.5 Å². The molecule has 0 aliphatic carbocycles. The molecule has 90 valence electrons. The first-order valence-electron chi connectivity index (χ1n) is 5.32. The summed E-state index contributed by atoms with van der Waals surface area (Å²) in [5, 5.41) is 0.655. The molecule has 0 aromatic rings. The minimum absolute atomic E-state index is 0.591. The van der Waals surface area contributed by atoms with Gasteiger partial charge in [-0.15, -0.1) is 6.58 Å². The molecule has 5 nitrogen and oxygen atoms in total. The fourth-order valence-corrected chi connectivity index (χ4v) is 2.09. The fourth-order valence-electron chi connectivity index (χ4n) is 1.66. The van der Waals surface area contributed by atoms with E-state index in [1.807, 2.05) is 13.2 Å². The SMILES string of the molecule is C=C(C)CCC1(N)N=C(SC)N=C2N=CN=C21. The molecule has 0 spiro atoms. The summed E-state index contributed by atoms with van der Waals surface area (Å²) in [5.41, 5.74) is 7.26. The smallest absolute Gasteiger partial charge is 0.187 e. The van der Waals surface area contributed by atoms with Gasteiger partial charge in [0.2, 0.25) is 0 Å². The second-order valence-electron chi connectivity index (χ2n) is 4.14. The van der Waals surface area contributed by atoms with Crippen LogP contribution in [0.15, 0.2) is 32.1 Å². The van der Waals surface area contributed by atoms with E-state index >= 15 is 0 Å². The quantitative estimate of drug-likeness (QED) is 0.771. The summed E-state index contributed by atoms with van der Waals surface area (Å²) in [6.45, 7) is 5.86. The number of nitrogens with two attached hydrogens (primary N) is 1. The molecule has 1 unspecified atom stereocenters. The molecule has 6 heteroatoms. The molecule has 0 saturated carbocycles. The van der Waals surface area contributed by atoms with Gasteiger partial charge in [-0.2, -0.15) is 0 Å². The molecule has 1 atom stereocenters. The number of nitrogens with zero attached hydrogens (tertiary/aromatic N) is 4. The summed E-state index contributed by atoms with van der Waals surface area (Å²) >= 11 is 1.46. The molecule has 0 saturated heterocycles. The van der Waals surface area contributed by atoms with Gasteiger partial charge in [0, 0.05) is 0 Å².